The Morgan fingerprint density at radius 2 is 2.10 bits per heavy atom. The normalized spacial score (nSPS) is 23.8. The van der Waals surface area contributed by atoms with Crippen molar-refractivity contribution in [2.24, 2.45) is 17.8 Å². The average Bonchev–Trinajstić information content (AvgIpc) is 3.34. The molecule has 7 nitrogen and oxygen atoms in total. The van der Waals surface area contributed by atoms with Crippen molar-refractivity contribution in [1.82, 2.24) is 15.3 Å². The molecule has 154 valence electrons. The van der Waals surface area contributed by atoms with Gasteiger partial charge in [-0.3, -0.25) is 14.4 Å². The Balaban J connectivity index is 1.22. The van der Waals surface area contributed by atoms with E-state index in [9.17, 15) is 14.4 Å². The molecule has 2 aromatic rings. The number of aryl methyl sites for hydroxylation is 1. The summed E-state index contributed by atoms with van der Waals surface area (Å²) in [6.45, 7) is 1.78. The van der Waals surface area contributed by atoms with Crippen molar-refractivity contribution in [2.45, 2.75) is 51.5 Å². The first-order valence-electron chi connectivity index (χ1n) is 10.4. The lowest BCUT2D eigenvalue weighted by molar-refractivity contribution is -0.148. The van der Waals surface area contributed by atoms with Crippen LogP contribution in [0, 0.1) is 17.8 Å². The lowest BCUT2D eigenvalue weighted by Crippen LogP contribution is -2.42. The van der Waals surface area contributed by atoms with E-state index < -0.39 is 5.97 Å². The van der Waals surface area contributed by atoms with Crippen LogP contribution < -0.4 is 10.9 Å². The van der Waals surface area contributed by atoms with Crippen LogP contribution in [0.4, 0.5) is 0 Å². The molecule has 0 aliphatic heterocycles. The number of fused-ring (bicyclic) bond motifs is 3. The molecule has 4 atom stereocenters. The summed E-state index contributed by atoms with van der Waals surface area (Å²) in [6, 6.07) is 7.16. The van der Waals surface area contributed by atoms with Gasteiger partial charge in [0.2, 0.25) is 0 Å². The number of rotatable bonds is 7. The predicted octanol–water partition coefficient (Wildman–Crippen LogP) is 2.34. The van der Waals surface area contributed by atoms with Crippen molar-refractivity contribution in [1.29, 1.82) is 0 Å². The SMILES string of the molecule is CC(NC(=O)COC(=O)CCc1nc2ccccc2c(=O)[nH]1)C1CC2CCC1C2. The molecule has 0 radical (unpaired) electrons. The fraction of sp³-hybridized carbons (Fsp3) is 0.545. The van der Waals surface area contributed by atoms with E-state index in [1.807, 2.05) is 13.0 Å². The molecule has 1 heterocycles. The first kappa shape index (κ1) is 19.6. The van der Waals surface area contributed by atoms with Crippen molar-refractivity contribution in [3.05, 3.63) is 40.4 Å². The summed E-state index contributed by atoms with van der Waals surface area (Å²) in [5, 5.41) is 3.50. The number of para-hydroxylation sites is 1. The van der Waals surface area contributed by atoms with Crippen LogP contribution in [0.2, 0.25) is 0 Å². The maximum atomic E-state index is 12.1. The number of nitrogens with zero attached hydrogens (tertiary/aromatic N) is 1. The van der Waals surface area contributed by atoms with Crippen molar-refractivity contribution in [3.8, 4) is 0 Å². The minimum absolute atomic E-state index is 0.0521. The summed E-state index contributed by atoms with van der Waals surface area (Å²) in [6.07, 6.45) is 5.40. The molecule has 2 saturated carbocycles. The van der Waals surface area contributed by atoms with Crippen LogP contribution in [0.5, 0.6) is 0 Å². The molecule has 1 aromatic carbocycles. The highest BCUT2D eigenvalue weighted by molar-refractivity contribution is 5.81. The highest BCUT2D eigenvalue weighted by atomic mass is 16.5. The zero-order chi connectivity index (χ0) is 20.4. The fourth-order valence-electron chi connectivity index (χ4n) is 5.00. The summed E-state index contributed by atoms with van der Waals surface area (Å²) in [5.41, 5.74) is 0.363. The highest BCUT2D eigenvalue weighted by Crippen LogP contribution is 2.49. The molecular formula is C22H27N3O4. The number of amides is 1. The first-order valence-corrected chi connectivity index (χ1v) is 10.4. The molecule has 2 bridgehead atoms. The van der Waals surface area contributed by atoms with Crippen molar-refractivity contribution in [3.63, 3.8) is 0 Å². The van der Waals surface area contributed by atoms with E-state index in [4.69, 9.17) is 4.74 Å². The number of esters is 1. The molecular weight excluding hydrogens is 370 g/mol. The fourth-order valence-corrected chi connectivity index (χ4v) is 5.00. The Morgan fingerprint density at radius 1 is 1.28 bits per heavy atom. The van der Waals surface area contributed by atoms with E-state index in [1.165, 1.54) is 25.7 Å². The zero-order valence-corrected chi connectivity index (χ0v) is 16.6. The number of H-pyrrole nitrogens is 1. The summed E-state index contributed by atoms with van der Waals surface area (Å²) >= 11 is 0. The zero-order valence-electron chi connectivity index (χ0n) is 16.6. The third-order valence-corrected chi connectivity index (χ3v) is 6.42. The molecule has 2 N–H and O–H groups in total. The molecule has 2 fully saturated rings. The number of ether oxygens (including phenoxy) is 1. The van der Waals surface area contributed by atoms with E-state index in [1.54, 1.807) is 18.2 Å². The van der Waals surface area contributed by atoms with Crippen LogP contribution in [0.25, 0.3) is 10.9 Å². The molecule has 0 saturated heterocycles. The molecule has 1 aromatic heterocycles. The molecule has 7 heteroatoms. The highest BCUT2D eigenvalue weighted by Gasteiger charge is 2.42. The summed E-state index contributed by atoms with van der Waals surface area (Å²) < 4.78 is 5.10. The molecule has 1 amide bonds. The van der Waals surface area contributed by atoms with Gasteiger partial charge in [0.25, 0.3) is 11.5 Å². The monoisotopic (exact) mass is 397 g/mol. The largest absolute Gasteiger partial charge is 0.456 e. The van der Waals surface area contributed by atoms with Gasteiger partial charge >= 0.3 is 5.97 Å². The van der Waals surface area contributed by atoms with Gasteiger partial charge in [0, 0.05) is 12.5 Å². The first-order chi connectivity index (χ1) is 14.0. The Bertz CT molecular complexity index is 970. The molecule has 0 spiro atoms. The van der Waals surface area contributed by atoms with Crippen molar-refractivity contribution < 1.29 is 14.3 Å². The lowest BCUT2D eigenvalue weighted by Gasteiger charge is -2.28. The van der Waals surface area contributed by atoms with Crippen molar-refractivity contribution in [2.75, 3.05) is 6.61 Å². The molecule has 2 aliphatic carbocycles. The molecule has 2 aliphatic rings. The second-order valence-corrected chi connectivity index (χ2v) is 8.39. The summed E-state index contributed by atoms with van der Waals surface area (Å²) in [5.74, 6) is 1.80. The van der Waals surface area contributed by atoms with Gasteiger partial charge < -0.3 is 15.0 Å². The Labute approximate surface area is 169 Å². The number of aromatic amines is 1. The van der Waals surface area contributed by atoms with Gasteiger partial charge in [0.05, 0.1) is 17.3 Å². The third kappa shape index (κ3) is 4.49. The average molecular weight is 397 g/mol. The minimum atomic E-state index is -0.483. The number of carbonyl (C=O) groups is 2. The van der Waals surface area contributed by atoms with E-state index >= 15 is 0 Å². The molecule has 4 rings (SSSR count). The van der Waals surface area contributed by atoms with Gasteiger partial charge in [0.1, 0.15) is 5.82 Å². The van der Waals surface area contributed by atoms with Crippen LogP contribution in [-0.4, -0.2) is 34.5 Å². The van der Waals surface area contributed by atoms with E-state index in [2.05, 4.69) is 15.3 Å². The third-order valence-electron chi connectivity index (χ3n) is 6.42. The van der Waals surface area contributed by atoms with E-state index in [0.717, 1.165) is 11.8 Å². The topological polar surface area (TPSA) is 101 Å². The van der Waals surface area contributed by atoms with Gasteiger partial charge in [-0.1, -0.05) is 18.6 Å². The summed E-state index contributed by atoms with van der Waals surface area (Å²) in [7, 11) is 0. The molecule has 4 unspecified atom stereocenters. The van der Waals surface area contributed by atoms with Crippen LogP contribution >= 0.6 is 0 Å². The van der Waals surface area contributed by atoms with Gasteiger partial charge in [-0.15, -0.1) is 0 Å². The lowest BCUT2D eigenvalue weighted by atomic mass is 9.84. The number of benzene rings is 1. The second kappa shape index (κ2) is 8.35. The number of hydrogen-bond acceptors (Lipinski definition) is 5. The molecule has 29 heavy (non-hydrogen) atoms. The minimum Gasteiger partial charge on any atom is -0.456 e. The predicted molar refractivity (Wildman–Crippen MR) is 108 cm³/mol. The van der Waals surface area contributed by atoms with E-state index in [-0.39, 0.29) is 37.0 Å². The quantitative estimate of drug-likeness (QED) is 0.699. The van der Waals surface area contributed by atoms with E-state index in [0.29, 0.717) is 22.6 Å². The Hall–Kier alpha value is -2.70. The Morgan fingerprint density at radius 3 is 2.86 bits per heavy atom. The van der Waals surface area contributed by atoms with Crippen LogP contribution in [-0.2, 0) is 20.7 Å². The van der Waals surface area contributed by atoms with Crippen LogP contribution in [0.3, 0.4) is 0 Å². The van der Waals surface area contributed by atoms with Gasteiger partial charge in [-0.2, -0.15) is 0 Å². The number of hydrogen-bond donors (Lipinski definition) is 2. The van der Waals surface area contributed by atoms with Gasteiger partial charge in [-0.25, -0.2) is 4.98 Å². The van der Waals surface area contributed by atoms with Gasteiger partial charge in [-0.05, 0) is 56.1 Å². The Kier molecular flexibility index (Phi) is 5.65. The number of aromatic nitrogens is 2. The standard InChI is InChI=1S/C22H27N3O4/c1-13(17-11-14-6-7-15(17)10-14)23-20(26)12-29-21(27)9-8-19-24-18-5-3-2-4-16(18)22(28)25-19/h2-5,13-15,17H,6-12H2,1H3,(H,23,26)(H,24,25,28). The van der Waals surface area contributed by atoms with Crippen LogP contribution in [0.1, 0.15) is 44.9 Å². The second-order valence-electron chi connectivity index (χ2n) is 8.39. The van der Waals surface area contributed by atoms with Crippen molar-refractivity contribution >= 4 is 22.8 Å². The number of carbonyl (C=O) groups excluding carboxylic acids is 2. The smallest absolute Gasteiger partial charge is 0.306 e. The summed E-state index contributed by atoms with van der Waals surface area (Å²) in [4.78, 5) is 43.2. The maximum Gasteiger partial charge on any atom is 0.306 e. The van der Waals surface area contributed by atoms with Crippen LogP contribution in [0.15, 0.2) is 29.1 Å². The number of nitrogens with one attached hydrogen (secondary N) is 2. The van der Waals surface area contributed by atoms with Gasteiger partial charge in [0.15, 0.2) is 6.61 Å². The maximum absolute atomic E-state index is 12.1.